The number of benzene rings is 1. The van der Waals surface area contributed by atoms with E-state index in [-0.39, 0.29) is 5.91 Å². The van der Waals surface area contributed by atoms with Crippen molar-refractivity contribution < 1.29 is 14.7 Å². The second-order valence-electron chi connectivity index (χ2n) is 4.31. The molecule has 1 amide bonds. The van der Waals surface area contributed by atoms with E-state index in [1.807, 2.05) is 12.1 Å². The Kier molecular flexibility index (Phi) is 4.82. The van der Waals surface area contributed by atoms with Crippen LogP contribution in [0.25, 0.3) is 6.08 Å². The van der Waals surface area contributed by atoms with Gasteiger partial charge in [0.1, 0.15) is 5.69 Å². The van der Waals surface area contributed by atoms with Crippen molar-refractivity contribution in [1.82, 2.24) is 10.3 Å². The highest BCUT2D eigenvalue weighted by Gasteiger charge is 2.05. The van der Waals surface area contributed by atoms with E-state index in [1.165, 1.54) is 6.08 Å². The lowest BCUT2D eigenvalue weighted by Crippen LogP contribution is -2.23. The van der Waals surface area contributed by atoms with Crippen LogP contribution >= 0.6 is 0 Å². The number of rotatable bonds is 5. The van der Waals surface area contributed by atoms with Gasteiger partial charge in [-0.1, -0.05) is 30.3 Å². The van der Waals surface area contributed by atoms with Crippen LogP contribution in [0, 0.1) is 0 Å². The molecule has 0 aliphatic carbocycles. The minimum absolute atomic E-state index is 0.231. The van der Waals surface area contributed by atoms with Gasteiger partial charge in [-0.3, -0.25) is 9.78 Å². The molecule has 5 nitrogen and oxygen atoms in total. The Labute approximate surface area is 122 Å². The summed E-state index contributed by atoms with van der Waals surface area (Å²) in [5.74, 6) is -1.22. The first-order valence-electron chi connectivity index (χ1n) is 6.34. The van der Waals surface area contributed by atoms with E-state index in [0.717, 1.165) is 17.2 Å². The van der Waals surface area contributed by atoms with Gasteiger partial charge in [0.05, 0.1) is 0 Å². The average molecular weight is 282 g/mol. The molecule has 2 rings (SSSR count). The Morgan fingerprint density at radius 1 is 1.14 bits per heavy atom. The number of nitrogens with one attached hydrogen (secondary N) is 1. The Morgan fingerprint density at radius 2 is 1.90 bits per heavy atom. The van der Waals surface area contributed by atoms with Gasteiger partial charge in [-0.05, 0) is 29.3 Å². The fourth-order valence-corrected chi connectivity index (χ4v) is 1.68. The second kappa shape index (κ2) is 7.00. The summed E-state index contributed by atoms with van der Waals surface area (Å²) in [6.45, 7) is 0.387. The molecule has 0 radical (unpaired) electrons. The minimum atomic E-state index is -0.985. The van der Waals surface area contributed by atoms with E-state index >= 15 is 0 Å². The number of aliphatic carboxylic acids is 1. The van der Waals surface area contributed by atoms with Crippen molar-refractivity contribution in [2.24, 2.45) is 0 Å². The molecule has 0 saturated heterocycles. The number of nitrogens with zero attached hydrogens (tertiary/aromatic N) is 1. The predicted molar refractivity (Wildman–Crippen MR) is 78.5 cm³/mol. The quantitative estimate of drug-likeness (QED) is 0.823. The summed E-state index contributed by atoms with van der Waals surface area (Å²) in [6.07, 6.45) is 4.16. The van der Waals surface area contributed by atoms with E-state index in [9.17, 15) is 9.59 Å². The molecule has 21 heavy (non-hydrogen) atoms. The number of carbonyl (C=O) groups excluding carboxylic acids is 1. The topological polar surface area (TPSA) is 79.3 Å². The summed E-state index contributed by atoms with van der Waals surface area (Å²) >= 11 is 0. The minimum Gasteiger partial charge on any atom is -0.478 e. The van der Waals surface area contributed by atoms with E-state index in [4.69, 9.17) is 5.11 Å². The summed E-state index contributed by atoms with van der Waals surface area (Å²) in [6, 6.07) is 12.4. The molecule has 1 aromatic carbocycles. The molecule has 0 unspecified atom stereocenters. The third-order valence-electron chi connectivity index (χ3n) is 2.75. The Bertz CT molecular complexity index is 649. The fraction of sp³-hybridized carbons (Fsp3) is 0.0625. The van der Waals surface area contributed by atoms with Crippen molar-refractivity contribution in [1.29, 1.82) is 0 Å². The van der Waals surface area contributed by atoms with Crippen molar-refractivity contribution in [3.05, 3.63) is 71.6 Å². The van der Waals surface area contributed by atoms with Gasteiger partial charge >= 0.3 is 5.97 Å². The lowest BCUT2D eigenvalue weighted by atomic mass is 10.1. The number of carboxylic acid groups (broad SMARTS) is 1. The summed E-state index contributed by atoms with van der Waals surface area (Å²) in [5.41, 5.74) is 2.09. The van der Waals surface area contributed by atoms with Gasteiger partial charge < -0.3 is 10.4 Å². The smallest absolute Gasteiger partial charge is 0.328 e. The van der Waals surface area contributed by atoms with Crippen molar-refractivity contribution in [2.75, 3.05) is 0 Å². The second-order valence-corrected chi connectivity index (χ2v) is 4.31. The largest absolute Gasteiger partial charge is 0.478 e. The lowest BCUT2D eigenvalue weighted by Gasteiger charge is -2.05. The Balaban J connectivity index is 1.92. The van der Waals surface area contributed by atoms with Crippen LogP contribution in [0.1, 0.15) is 21.6 Å². The van der Waals surface area contributed by atoms with Crippen LogP contribution in [0.15, 0.2) is 54.7 Å². The predicted octanol–water partition coefficient (Wildman–Crippen LogP) is 2.11. The number of hydrogen-bond acceptors (Lipinski definition) is 3. The van der Waals surface area contributed by atoms with Gasteiger partial charge in [0.2, 0.25) is 0 Å². The van der Waals surface area contributed by atoms with Crippen LogP contribution in [0.2, 0.25) is 0 Å². The molecule has 0 saturated carbocycles. The molecule has 0 aliphatic heterocycles. The molecule has 0 spiro atoms. The molecule has 0 bridgehead atoms. The Morgan fingerprint density at radius 3 is 2.52 bits per heavy atom. The monoisotopic (exact) mass is 282 g/mol. The van der Waals surface area contributed by atoms with E-state index in [2.05, 4.69) is 10.3 Å². The van der Waals surface area contributed by atoms with Crippen molar-refractivity contribution >= 4 is 18.0 Å². The van der Waals surface area contributed by atoms with Gasteiger partial charge in [0, 0.05) is 18.8 Å². The van der Waals surface area contributed by atoms with Crippen molar-refractivity contribution in [3.63, 3.8) is 0 Å². The van der Waals surface area contributed by atoms with E-state index in [1.54, 1.807) is 36.5 Å². The van der Waals surface area contributed by atoms with Crippen LogP contribution in [-0.4, -0.2) is 22.0 Å². The summed E-state index contributed by atoms with van der Waals surface area (Å²) in [4.78, 5) is 26.2. The van der Waals surface area contributed by atoms with Crippen LogP contribution in [0.4, 0.5) is 0 Å². The normalized spacial score (nSPS) is 10.5. The Hall–Kier alpha value is -2.95. The molecular weight excluding hydrogens is 268 g/mol. The van der Waals surface area contributed by atoms with E-state index < -0.39 is 5.97 Å². The van der Waals surface area contributed by atoms with Gasteiger partial charge in [0.15, 0.2) is 0 Å². The van der Waals surface area contributed by atoms with Gasteiger partial charge in [-0.15, -0.1) is 0 Å². The van der Waals surface area contributed by atoms with Crippen LogP contribution in [0.5, 0.6) is 0 Å². The number of aromatic nitrogens is 1. The van der Waals surface area contributed by atoms with Gasteiger partial charge in [-0.25, -0.2) is 4.79 Å². The third-order valence-corrected chi connectivity index (χ3v) is 2.75. The first kappa shape index (κ1) is 14.5. The fourth-order valence-electron chi connectivity index (χ4n) is 1.68. The average Bonchev–Trinajstić information content (AvgIpc) is 2.52. The number of carboxylic acids is 1. The number of hydrogen-bond donors (Lipinski definition) is 2. The maximum absolute atomic E-state index is 11.8. The standard InChI is InChI=1S/C16H14N2O3/c19-15(20)9-8-12-4-6-13(7-5-12)11-18-16(21)14-3-1-2-10-17-14/h1-10H,11H2,(H,18,21)(H,19,20). The molecule has 0 atom stereocenters. The zero-order chi connectivity index (χ0) is 15.1. The molecule has 5 heteroatoms. The molecule has 0 fully saturated rings. The summed E-state index contributed by atoms with van der Waals surface area (Å²) < 4.78 is 0. The lowest BCUT2D eigenvalue weighted by molar-refractivity contribution is -0.131. The molecule has 106 valence electrons. The number of pyridine rings is 1. The maximum Gasteiger partial charge on any atom is 0.328 e. The molecule has 1 aromatic heterocycles. The van der Waals surface area contributed by atoms with Crippen LogP contribution in [0.3, 0.4) is 0 Å². The first-order chi connectivity index (χ1) is 10.1. The molecule has 1 heterocycles. The number of amides is 1. The molecule has 0 aliphatic rings. The number of carbonyl (C=O) groups is 2. The van der Waals surface area contributed by atoms with Crippen molar-refractivity contribution in [2.45, 2.75) is 6.54 Å². The van der Waals surface area contributed by atoms with Gasteiger partial charge in [-0.2, -0.15) is 0 Å². The van der Waals surface area contributed by atoms with Crippen molar-refractivity contribution in [3.8, 4) is 0 Å². The zero-order valence-electron chi connectivity index (χ0n) is 11.2. The summed E-state index contributed by atoms with van der Waals surface area (Å²) in [7, 11) is 0. The molecular formula is C16H14N2O3. The molecule has 2 aromatic rings. The molecule has 2 N–H and O–H groups in total. The summed E-state index contributed by atoms with van der Waals surface area (Å²) in [5, 5.41) is 11.3. The van der Waals surface area contributed by atoms with Gasteiger partial charge in [0.25, 0.3) is 5.91 Å². The van der Waals surface area contributed by atoms with E-state index in [0.29, 0.717) is 12.2 Å². The third kappa shape index (κ3) is 4.58. The SMILES string of the molecule is O=C(O)C=Cc1ccc(CNC(=O)c2ccccn2)cc1. The highest BCUT2D eigenvalue weighted by molar-refractivity contribution is 5.92. The zero-order valence-corrected chi connectivity index (χ0v) is 11.2. The maximum atomic E-state index is 11.8. The highest BCUT2D eigenvalue weighted by atomic mass is 16.4. The van der Waals surface area contributed by atoms with Crippen LogP contribution < -0.4 is 5.32 Å². The highest BCUT2D eigenvalue weighted by Crippen LogP contribution is 2.06. The van der Waals surface area contributed by atoms with Crippen LogP contribution in [-0.2, 0) is 11.3 Å². The first-order valence-corrected chi connectivity index (χ1v) is 6.34.